The lowest BCUT2D eigenvalue weighted by Crippen LogP contribution is -2.49. The molecule has 2 N–H and O–H groups in total. The standard InChI is InChI=1S/C15H22N2O2/c1-10(13-8-16-9-13)15(18)17-11(2)12-5-4-6-14(7-12)19-3/h4-7,10-11,13,16H,8-9H2,1-3H3,(H,17,18). The van der Waals surface area contributed by atoms with Crippen LogP contribution >= 0.6 is 0 Å². The van der Waals surface area contributed by atoms with Crippen LogP contribution in [-0.4, -0.2) is 26.1 Å². The smallest absolute Gasteiger partial charge is 0.223 e. The van der Waals surface area contributed by atoms with Crippen molar-refractivity contribution < 1.29 is 9.53 Å². The first-order valence-corrected chi connectivity index (χ1v) is 6.77. The highest BCUT2D eigenvalue weighted by molar-refractivity contribution is 5.79. The number of ether oxygens (including phenoxy) is 1. The molecule has 1 aliphatic heterocycles. The van der Waals surface area contributed by atoms with E-state index in [1.807, 2.05) is 38.1 Å². The number of methoxy groups -OCH3 is 1. The third kappa shape index (κ3) is 3.26. The van der Waals surface area contributed by atoms with Gasteiger partial charge in [0.2, 0.25) is 5.91 Å². The van der Waals surface area contributed by atoms with Gasteiger partial charge in [-0.1, -0.05) is 19.1 Å². The van der Waals surface area contributed by atoms with E-state index in [1.54, 1.807) is 7.11 Å². The number of amides is 1. The zero-order valence-corrected chi connectivity index (χ0v) is 11.8. The summed E-state index contributed by atoms with van der Waals surface area (Å²) < 4.78 is 5.20. The van der Waals surface area contributed by atoms with Crippen molar-refractivity contribution >= 4 is 5.91 Å². The van der Waals surface area contributed by atoms with E-state index in [2.05, 4.69) is 10.6 Å². The Morgan fingerprint density at radius 3 is 2.74 bits per heavy atom. The van der Waals surface area contributed by atoms with Crippen molar-refractivity contribution in [1.82, 2.24) is 10.6 Å². The summed E-state index contributed by atoms with van der Waals surface area (Å²) in [6.45, 7) is 5.89. The maximum atomic E-state index is 12.1. The summed E-state index contributed by atoms with van der Waals surface area (Å²) in [5, 5.41) is 6.27. The second-order valence-electron chi connectivity index (χ2n) is 5.21. The number of hydrogen-bond acceptors (Lipinski definition) is 3. The van der Waals surface area contributed by atoms with Gasteiger partial charge in [-0.25, -0.2) is 0 Å². The van der Waals surface area contributed by atoms with Gasteiger partial charge in [0, 0.05) is 5.92 Å². The highest BCUT2D eigenvalue weighted by Gasteiger charge is 2.29. The van der Waals surface area contributed by atoms with Crippen LogP contribution in [0.5, 0.6) is 5.75 Å². The quantitative estimate of drug-likeness (QED) is 0.849. The second-order valence-corrected chi connectivity index (χ2v) is 5.21. The van der Waals surface area contributed by atoms with Crippen LogP contribution in [0.3, 0.4) is 0 Å². The molecule has 1 aliphatic rings. The largest absolute Gasteiger partial charge is 0.497 e. The Bertz CT molecular complexity index is 444. The number of carbonyl (C=O) groups excluding carboxylic acids is 1. The van der Waals surface area contributed by atoms with Crippen LogP contribution in [0, 0.1) is 11.8 Å². The Kier molecular flexibility index (Phi) is 4.43. The summed E-state index contributed by atoms with van der Waals surface area (Å²) >= 11 is 0. The zero-order chi connectivity index (χ0) is 13.8. The summed E-state index contributed by atoms with van der Waals surface area (Å²) in [7, 11) is 1.65. The van der Waals surface area contributed by atoms with Gasteiger partial charge in [0.25, 0.3) is 0 Å². The molecule has 2 atom stereocenters. The molecule has 19 heavy (non-hydrogen) atoms. The van der Waals surface area contributed by atoms with Gasteiger partial charge >= 0.3 is 0 Å². The average Bonchev–Trinajstić information content (AvgIpc) is 2.36. The van der Waals surface area contributed by atoms with Crippen LogP contribution in [0.4, 0.5) is 0 Å². The minimum Gasteiger partial charge on any atom is -0.497 e. The molecule has 0 saturated carbocycles. The van der Waals surface area contributed by atoms with Crippen molar-refractivity contribution in [1.29, 1.82) is 0 Å². The van der Waals surface area contributed by atoms with Crippen LogP contribution in [0.2, 0.25) is 0 Å². The van der Waals surface area contributed by atoms with E-state index in [9.17, 15) is 4.79 Å². The van der Waals surface area contributed by atoms with Crippen molar-refractivity contribution in [2.45, 2.75) is 19.9 Å². The molecule has 0 aliphatic carbocycles. The highest BCUT2D eigenvalue weighted by Crippen LogP contribution is 2.21. The molecule has 0 spiro atoms. The monoisotopic (exact) mass is 262 g/mol. The van der Waals surface area contributed by atoms with E-state index in [1.165, 1.54) is 0 Å². The van der Waals surface area contributed by atoms with Gasteiger partial charge in [-0.15, -0.1) is 0 Å². The molecule has 1 saturated heterocycles. The van der Waals surface area contributed by atoms with Crippen molar-refractivity contribution in [2.75, 3.05) is 20.2 Å². The molecule has 4 heteroatoms. The van der Waals surface area contributed by atoms with Crippen molar-refractivity contribution in [3.63, 3.8) is 0 Å². The van der Waals surface area contributed by atoms with Crippen LogP contribution in [0.15, 0.2) is 24.3 Å². The molecule has 1 aromatic carbocycles. The van der Waals surface area contributed by atoms with Gasteiger partial charge in [-0.2, -0.15) is 0 Å². The first-order chi connectivity index (χ1) is 9.11. The molecule has 0 bridgehead atoms. The summed E-state index contributed by atoms with van der Waals surface area (Å²) in [5.74, 6) is 1.48. The minimum atomic E-state index is -0.00177. The summed E-state index contributed by atoms with van der Waals surface area (Å²) in [4.78, 5) is 12.1. The maximum absolute atomic E-state index is 12.1. The first-order valence-electron chi connectivity index (χ1n) is 6.77. The molecule has 104 valence electrons. The Morgan fingerprint density at radius 2 is 2.16 bits per heavy atom. The van der Waals surface area contributed by atoms with Gasteiger partial charge in [-0.05, 0) is 43.6 Å². The lowest BCUT2D eigenvalue weighted by molar-refractivity contribution is -0.127. The molecule has 0 aromatic heterocycles. The van der Waals surface area contributed by atoms with Gasteiger partial charge < -0.3 is 15.4 Å². The summed E-state index contributed by atoms with van der Waals surface area (Å²) in [6, 6.07) is 7.80. The SMILES string of the molecule is COc1cccc(C(C)NC(=O)C(C)C2CNC2)c1. The fourth-order valence-electron chi connectivity index (χ4n) is 2.22. The van der Waals surface area contributed by atoms with Gasteiger partial charge in [0.05, 0.1) is 13.2 Å². The van der Waals surface area contributed by atoms with E-state index in [0.717, 1.165) is 24.4 Å². The van der Waals surface area contributed by atoms with Crippen LogP contribution in [0.25, 0.3) is 0 Å². The van der Waals surface area contributed by atoms with Gasteiger partial charge in [0.15, 0.2) is 0 Å². The van der Waals surface area contributed by atoms with Crippen LogP contribution in [-0.2, 0) is 4.79 Å². The number of hydrogen-bond donors (Lipinski definition) is 2. The fourth-order valence-corrected chi connectivity index (χ4v) is 2.22. The topological polar surface area (TPSA) is 50.4 Å². The number of carbonyl (C=O) groups is 1. The molecule has 1 fully saturated rings. The molecule has 4 nitrogen and oxygen atoms in total. The Labute approximate surface area is 114 Å². The number of nitrogens with one attached hydrogen (secondary N) is 2. The molecule has 1 heterocycles. The average molecular weight is 262 g/mol. The number of rotatable bonds is 5. The molecular formula is C15H22N2O2. The van der Waals surface area contributed by atoms with Gasteiger partial charge in [-0.3, -0.25) is 4.79 Å². The van der Waals surface area contributed by atoms with E-state index in [4.69, 9.17) is 4.74 Å². The predicted molar refractivity (Wildman–Crippen MR) is 75.1 cm³/mol. The van der Waals surface area contributed by atoms with Crippen LogP contribution in [0.1, 0.15) is 25.5 Å². The van der Waals surface area contributed by atoms with E-state index < -0.39 is 0 Å². The summed E-state index contributed by atoms with van der Waals surface area (Å²) in [6.07, 6.45) is 0. The Morgan fingerprint density at radius 1 is 1.42 bits per heavy atom. The molecular weight excluding hydrogens is 240 g/mol. The van der Waals surface area contributed by atoms with Crippen molar-refractivity contribution in [2.24, 2.45) is 11.8 Å². The second kappa shape index (κ2) is 6.06. The minimum absolute atomic E-state index is 0.00177. The highest BCUT2D eigenvalue weighted by atomic mass is 16.5. The van der Waals surface area contributed by atoms with E-state index >= 15 is 0 Å². The van der Waals surface area contributed by atoms with Crippen molar-refractivity contribution in [3.8, 4) is 5.75 Å². The first kappa shape index (κ1) is 13.9. The zero-order valence-electron chi connectivity index (χ0n) is 11.8. The lowest BCUT2D eigenvalue weighted by atomic mass is 9.88. The third-order valence-corrected chi connectivity index (χ3v) is 3.89. The van der Waals surface area contributed by atoms with Crippen molar-refractivity contribution in [3.05, 3.63) is 29.8 Å². The normalized spacial score (nSPS) is 18.3. The predicted octanol–water partition coefficient (Wildman–Crippen LogP) is 1.73. The van der Waals surface area contributed by atoms with E-state index in [-0.39, 0.29) is 17.9 Å². The lowest BCUT2D eigenvalue weighted by Gasteiger charge is -2.32. The third-order valence-electron chi connectivity index (χ3n) is 3.89. The number of benzene rings is 1. The molecule has 2 rings (SSSR count). The molecule has 0 radical (unpaired) electrons. The van der Waals surface area contributed by atoms with Gasteiger partial charge in [0.1, 0.15) is 5.75 Å². The maximum Gasteiger partial charge on any atom is 0.223 e. The van der Waals surface area contributed by atoms with E-state index in [0.29, 0.717) is 5.92 Å². The molecule has 1 amide bonds. The Hall–Kier alpha value is -1.55. The Balaban J connectivity index is 1.95. The molecule has 2 unspecified atom stereocenters. The molecule has 1 aromatic rings. The fraction of sp³-hybridized carbons (Fsp3) is 0.533. The summed E-state index contributed by atoms with van der Waals surface area (Å²) in [5.41, 5.74) is 1.06. The van der Waals surface area contributed by atoms with Crippen LogP contribution < -0.4 is 15.4 Å².